The first-order valence-corrected chi connectivity index (χ1v) is 5.49. The molecular formula is C9H16N4S. The van der Waals surface area contributed by atoms with E-state index >= 15 is 0 Å². The van der Waals surface area contributed by atoms with Gasteiger partial charge in [0.25, 0.3) is 0 Å². The Morgan fingerprint density at radius 2 is 2.00 bits per heavy atom. The molecule has 1 heterocycles. The number of nitrogens with two attached hydrogens (primary N) is 1. The first-order valence-electron chi connectivity index (χ1n) is 4.51. The van der Waals surface area contributed by atoms with Crippen LogP contribution in [0.5, 0.6) is 0 Å². The normalized spacial score (nSPS) is 10.9. The van der Waals surface area contributed by atoms with Crippen LogP contribution in [0.3, 0.4) is 0 Å². The highest BCUT2D eigenvalue weighted by atomic mass is 32.2. The molecule has 1 rings (SSSR count). The molecule has 78 valence electrons. The number of aromatic nitrogens is 2. The average molecular weight is 212 g/mol. The van der Waals surface area contributed by atoms with Crippen molar-refractivity contribution in [3.8, 4) is 0 Å². The second-order valence-corrected chi connectivity index (χ2v) is 4.29. The predicted molar refractivity (Wildman–Crippen MR) is 59.2 cm³/mol. The standard InChI is InChI=1S/C9H16N4S/c1-13(2)3-4-14-9-11-6-8(5-10)7-12-9/h6-7H,3-5,10H2,1-2H3. The van der Waals surface area contributed by atoms with E-state index in [1.54, 1.807) is 24.2 Å². The topological polar surface area (TPSA) is 55.0 Å². The van der Waals surface area contributed by atoms with Gasteiger partial charge in [0, 0.05) is 36.8 Å². The lowest BCUT2D eigenvalue weighted by Crippen LogP contribution is -2.14. The van der Waals surface area contributed by atoms with Gasteiger partial charge < -0.3 is 10.6 Å². The second kappa shape index (κ2) is 5.95. The lowest BCUT2D eigenvalue weighted by molar-refractivity contribution is 0.437. The Morgan fingerprint density at radius 1 is 1.36 bits per heavy atom. The summed E-state index contributed by atoms with van der Waals surface area (Å²) >= 11 is 1.66. The van der Waals surface area contributed by atoms with Gasteiger partial charge in [0.1, 0.15) is 0 Å². The summed E-state index contributed by atoms with van der Waals surface area (Å²) in [5.41, 5.74) is 6.42. The van der Waals surface area contributed by atoms with Crippen molar-refractivity contribution in [1.82, 2.24) is 14.9 Å². The third-order valence-corrected chi connectivity index (χ3v) is 2.54. The van der Waals surface area contributed by atoms with E-state index in [1.807, 2.05) is 0 Å². The van der Waals surface area contributed by atoms with Crippen molar-refractivity contribution in [3.63, 3.8) is 0 Å². The highest BCUT2D eigenvalue weighted by Crippen LogP contribution is 2.11. The van der Waals surface area contributed by atoms with E-state index in [2.05, 4.69) is 29.0 Å². The maximum atomic E-state index is 5.45. The van der Waals surface area contributed by atoms with Gasteiger partial charge in [-0.3, -0.25) is 0 Å². The molecule has 0 aliphatic carbocycles. The summed E-state index contributed by atoms with van der Waals surface area (Å²) in [4.78, 5) is 10.5. The van der Waals surface area contributed by atoms with Gasteiger partial charge >= 0.3 is 0 Å². The van der Waals surface area contributed by atoms with E-state index in [4.69, 9.17) is 5.73 Å². The maximum Gasteiger partial charge on any atom is 0.187 e. The van der Waals surface area contributed by atoms with Crippen molar-refractivity contribution in [2.24, 2.45) is 5.73 Å². The third-order valence-electron chi connectivity index (χ3n) is 1.69. The van der Waals surface area contributed by atoms with Crippen LogP contribution in [0.1, 0.15) is 5.56 Å². The fraction of sp³-hybridized carbons (Fsp3) is 0.556. The van der Waals surface area contributed by atoms with Crippen molar-refractivity contribution in [2.75, 3.05) is 26.4 Å². The summed E-state index contributed by atoms with van der Waals surface area (Å²) in [5, 5.41) is 0.823. The molecule has 0 aliphatic heterocycles. The maximum absolute atomic E-state index is 5.45. The molecular weight excluding hydrogens is 196 g/mol. The van der Waals surface area contributed by atoms with Crippen LogP contribution in [0.4, 0.5) is 0 Å². The Labute approximate surface area is 88.9 Å². The van der Waals surface area contributed by atoms with Crippen LogP contribution in [-0.4, -0.2) is 41.3 Å². The number of rotatable bonds is 5. The molecule has 2 N–H and O–H groups in total. The smallest absolute Gasteiger partial charge is 0.187 e. The van der Waals surface area contributed by atoms with Crippen molar-refractivity contribution >= 4 is 11.8 Å². The number of nitrogens with zero attached hydrogens (tertiary/aromatic N) is 3. The summed E-state index contributed by atoms with van der Waals surface area (Å²) < 4.78 is 0. The molecule has 5 heteroatoms. The molecule has 0 radical (unpaired) electrons. The van der Waals surface area contributed by atoms with E-state index in [-0.39, 0.29) is 0 Å². The quantitative estimate of drug-likeness (QED) is 0.572. The Kier molecular flexibility index (Phi) is 4.86. The van der Waals surface area contributed by atoms with Gasteiger partial charge in [-0.25, -0.2) is 9.97 Å². The highest BCUT2D eigenvalue weighted by Gasteiger charge is 1.98. The average Bonchev–Trinajstić information content (AvgIpc) is 2.18. The van der Waals surface area contributed by atoms with Crippen LogP contribution >= 0.6 is 11.8 Å². The van der Waals surface area contributed by atoms with Gasteiger partial charge in [-0.05, 0) is 14.1 Å². The first kappa shape index (κ1) is 11.4. The second-order valence-electron chi connectivity index (χ2n) is 3.23. The van der Waals surface area contributed by atoms with Crippen LogP contribution in [0, 0.1) is 0 Å². The largest absolute Gasteiger partial charge is 0.326 e. The number of hydrogen-bond donors (Lipinski definition) is 1. The summed E-state index contributed by atoms with van der Waals surface area (Å²) in [6.07, 6.45) is 3.57. The fourth-order valence-electron chi connectivity index (χ4n) is 0.842. The highest BCUT2D eigenvalue weighted by molar-refractivity contribution is 7.99. The third kappa shape index (κ3) is 4.04. The lowest BCUT2D eigenvalue weighted by Gasteiger charge is -2.07. The molecule has 0 aromatic carbocycles. The lowest BCUT2D eigenvalue weighted by atomic mass is 10.4. The van der Waals surface area contributed by atoms with Crippen LogP contribution in [0.25, 0.3) is 0 Å². The van der Waals surface area contributed by atoms with Crippen LogP contribution in [-0.2, 0) is 6.54 Å². The zero-order valence-corrected chi connectivity index (χ0v) is 9.42. The Hall–Kier alpha value is -0.650. The van der Waals surface area contributed by atoms with Gasteiger partial charge in [-0.1, -0.05) is 11.8 Å². The Morgan fingerprint density at radius 3 is 2.50 bits per heavy atom. The summed E-state index contributed by atoms with van der Waals surface area (Å²) in [6, 6.07) is 0. The minimum Gasteiger partial charge on any atom is -0.326 e. The van der Waals surface area contributed by atoms with E-state index in [0.717, 1.165) is 23.0 Å². The molecule has 0 fully saturated rings. The van der Waals surface area contributed by atoms with Gasteiger partial charge in [-0.15, -0.1) is 0 Å². The zero-order chi connectivity index (χ0) is 10.4. The Balaban J connectivity index is 2.36. The molecule has 4 nitrogen and oxygen atoms in total. The van der Waals surface area contributed by atoms with Crippen molar-refractivity contribution in [2.45, 2.75) is 11.7 Å². The monoisotopic (exact) mass is 212 g/mol. The minimum absolute atomic E-state index is 0.503. The van der Waals surface area contributed by atoms with Gasteiger partial charge in [-0.2, -0.15) is 0 Å². The van der Waals surface area contributed by atoms with Crippen LogP contribution < -0.4 is 5.73 Å². The molecule has 0 amide bonds. The molecule has 0 saturated heterocycles. The molecule has 14 heavy (non-hydrogen) atoms. The molecule has 1 aromatic heterocycles. The van der Waals surface area contributed by atoms with Crippen molar-refractivity contribution in [1.29, 1.82) is 0 Å². The van der Waals surface area contributed by atoms with E-state index in [1.165, 1.54) is 0 Å². The SMILES string of the molecule is CN(C)CCSc1ncc(CN)cn1. The molecule has 0 bridgehead atoms. The molecule has 0 saturated carbocycles. The molecule has 0 aliphatic rings. The molecule has 0 atom stereocenters. The van der Waals surface area contributed by atoms with Crippen LogP contribution in [0.2, 0.25) is 0 Å². The van der Waals surface area contributed by atoms with Crippen LogP contribution in [0.15, 0.2) is 17.6 Å². The van der Waals surface area contributed by atoms with Crippen molar-refractivity contribution in [3.05, 3.63) is 18.0 Å². The Bertz CT molecular complexity index is 260. The first-order chi connectivity index (χ1) is 6.72. The minimum atomic E-state index is 0.503. The van der Waals surface area contributed by atoms with Gasteiger partial charge in [0.05, 0.1) is 0 Å². The number of hydrogen-bond acceptors (Lipinski definition) is 5. The summed E-state index contributed by atoms with van der Waals surface area (Å²) in [5.74, 6) is 1.01. The molecule has 0 unspecified atom stereocenters. The van der Waals surface area contributed by atoms with E-state index in [9.17, 15) is 0 Å². The molecule has 1 aromatic rings. The predicted octanol–water partition coefficient (Wildman–Crippen LogP) is 0.589. The molecule has 0 spiro atoms. The van der Waals surface area contributed by atoms with E-state index < -0.39 is 0 Å². The van der Waals surface area contributed by atoms with Gasteiger partial charge in [0.2, 0.25) is 0 Å². The van der Waals surface area contributed by atoms with E-state index in [0.29, 0.717) is 6.54 Å². The zero-order valence-electron chi connectivity index (χ0n) is 8.60. The van der Waals surface area contributed by atoms with Gasteiger partial charge in [0.15, 0.2) is 5.16 Å². The fourth-order valence-corrected chi connectivity index (χ4v) is 1.74. The van der Waals surface area contributed by atoms with Crippen molar-refractivity contribution < 1.29 is 0 Å². The number of thioether (sulfide) groups is 1. The summed E-state index contributed by atoms with van der Waals surface area (Å²) in [7, 11) is 4.11. The summed E-state index contributed by atoms with van der Waals surface area (Å²) in [6.45, 7) is 1.54.